The highest BCUT2D eigenvalue weighted by molar-refractivity contribution is 7.07. The standard InChI is InChI=1S/C12H17N5OS/c1-3-9-10(4-2)16-17-11(15-9)13-6-5-8-7-19-12(18)14-8/h7H,3-6H2,1-2H3,(H,14,18)(H,13,15,17). The summed E-state index contributed by atoms with van der Waals surface area (Å²) in [5.41, 5.74) is 2.87. The highest BCUT2D eigenvalue weighted by Gasteiger charge is 2.05. The van der Waals surface area contributed by atoms with Gasteiger partial charge < -0.3 is 10.3 Å². The lowest BCUT2D eigenvalue weighted by atomic mass is 10.2. The maximum Gasteiger partial charge on any atom is 0.304 e. The molecule has 0 unspecified atom stereocenters. The number of rotatable bonds is 6. The Morgan fingerprint density at radius 3 is 2.68 bits per heavy atom. The Bertz CT molecular complexity index is 592. The van der Waals surface area contributed by atoms with Crippen LogP contribution in [0.3, 0.4) is 0 Å². The summed E-state index contributed by atoms with van der Waals surface area (Å²) in [5.74, 6) is 0.548. The van der Waals surface area contributed by atoms with Crippen molar-refractivity contribution >= 4 is 17.3 Å². The van der Waals surface area contributed by atoms with Crippen LogP contribution in [0.15, 0.2) is 10.2 Å². The quantitative estimate of drug-likeness (QED) is 0.835. The topological polar surface area (TPSA) is 83.6 Å². The monoisotopic (exact) mass is 279 g/mol. The molecule has 0 atom stereocenters. The van der Waals surface area contributed by atoms with E-state index in [0.29, 0.717) is 12.5 Å². The van der Waals surface area contributed by atoms with E-state index in [1.54, 1.807) is 0 Å². The minimum absolute atomic E-state index is 0.0199. The Morgan fingerprint density at radius 2 is 2.05 bits per heavy atom. The SMILES string of the molecule is CCc1nnc(NCCc2csc(=O)[nH]2)nc1CC. The van der Waals surface area contributed by atoms with Gasteiger partial charge in [0.05, 0.1) is 11.4 Å². The summed E-state index contributed by atoms with van der Waals surface area (Å²) in [7, 11) is 0. The molecule has 0 saturated heterocycles. The van der Waals surface area contributed by atoms with Crippen molar-refractivity contribution in [2.75, 3.05) is 11.9 Å². The van der Waals surface area contributed by atoms with Gasteiger partial charge in [0.15, 0.2) is 0 Å². The van der Waals surface area contributed by atoms with E-state index in [1.807, 2.05) is 12.3 Å². The molecule has 2 aromatic heterocycles. The number of nitrogens with one attached hydrogen (secondary N) is 2. The molecule has 0 aliphatic rings. The fourth-order valence-electron chi connectivity index (χ4n) is 1.76. The number of hydrogen-bond donors (Lipinski definition) is 2. The second kappa shape index (κ2) is 6.42. The third-order valence-electron chi connectivity index (χ3n) is 2.76. The highest BCUT2D eigenvalue weighted by Crippen LogP contribution is 2.07. The van der Waals surface area contributed by atoms with Gasteiger partial charge in [-0.2, -0.15) is 5.10 Å². The number of thiazole rings is 1. The van der Waals surface area contributed by atoms with E-state index in [1.165, 1.54) is 11.3 Å². The Morgan fingerprint density at radius 1 is 1.26 bits per heavy atom. The molecule has 0 aliphatic carbocycles. The van der Waals surface area contributed by atoms with Crippen LogP contribution in [0.2, 0.25) is 0 Å². The molecule has 2 aromatic rings. The predicted molar refractivity (Wildman–Crippen MR) is 75.7 cm³/mol. The summed E-state index contributed by atoms with van der Waals surface area (Å²) in [6, 6.07) is 0. The summed E-state index contributed by atoms with van der Waals surface area (Å²) in [4.78, 5) is 18.2. The zero-order valence-electron chi connectivity index (χ0n) is 11.1. The first kappa shape index (κ1) is 13.7. The average Bonchev–Trinajstić information content (AvgIpc) is 2.84. The van der Waals surface area contributed by atoms with Crippen LogP contribution in [0, 0.1) is 0 Å². The number of aryl methyl sites for hydroxylation is 2. The van der Waals surface area contributed by atoms with Crippen LogP contribution in [0.25, 0.3) is 0 Å². The third-order valence-corrected chi connectivity index (χ3v) is 3.48. The Labute approximate surface area is 115 Å². The molecule has 2 heterocycles. The van der Waals surface area contributed by atoms with Gasteiger partial charge in [0.1, 0.15) is 0 Å². The van der Waals surface area contributed by atoms with Crippen molar-refractivity contribution in [2.24, 2.45) is 0 Å². The van der Waals surface area contributed by atoms with Gasteiger partial charge in [0.25, 0.3) is 0 Å². The van der Waals surface area contributed by atoms with Crippen molar-refractivity contribution in [3.8, 4) is 0 Å². The second-order valence-electron chi connectivity index (χ2n) is 4.09. The average molecular weight is 279 g/mol. The van der Waals surface area contributed by atoms with Gasteiger partial charge in [-0.3, -0.25) is 4.79 Å². The van der Waals surface area contributed by atoms with Crippen LogP contribution in [0.5, 0.6) is 0 Å². The fourth-order valence-corrected chi connectivity index (χ4v) is 2.37. The summed E-state index contributed by atoms with van der Waals surface area (Å²) < 4.78 is 0. The van der Waals surface area contributed by atoms with Crippen molar-refractivity contribution in [2.45, 2.75) is 33.1 Å². The van der Waals surface area contributed by atoms with Gasteiger partial charge in [0.2, 0.25) is 5.95 Å². The Kier molecular flexibility index (Phi) is 4.62. The van der Waals surface area contributed by atoms with E-state index in [9.17, 15) is 4.79 Å². The summed E-state index contributed by atoms with van der Waals surface area (Å²) in [6.45, 7) is 4.77. The fraction of sp³-hybridized carbons (Fsp3) is 0.500. The number of hydrogen-bond acceptors (Lipinski definition) is 6. The van der Waals surface area contributed by atoms with E-state index < -0.39 is 0 Å². The zero-order valence-corrected chi connectivity index (χ0v) is 11.9. The lowest BCUT2D eigenvalue weighted by Crippen LogP contribution is -2.12. The smallest absolute Gasteiger partial charge is 0.304 e. The molecule has 0 radical (unpaired) electrons. The van der Waals surface area contributed by atoms with E-state index >= 15 is 0 Å². The number of anilines is 1. The molecule has 19 heavy (non-hydrogen) atoms. The van der Waals surface area contributed by atoms with Gasteiger partial charge in [-0.15, -0.1) is 5.10 Å². The van der Waals surface area contributed by atoms with Crippen LogP contribution in [0.1, 0.15) is 30.9 Å². The number of aromatic nitrogens is 4. The molecule has 0 bridgehead atoms. The van der Waals surface area contributed by atoms with Crippen LogP contribution >= 0.6 is 11.3 Å². The largest absolute Gasteiger partial charge is 0.353 e. The van der Waals surface area contributed by atoms with E-state index in [0.717, 1.165) is 36.3 Å². The first-order valence-corrected chi connectivity index (χ1v) is 7.24. The molecule has 0 aromatic carbocycles. The molecule has 0 fully saturated rings. The van der Waals surface area contributed by atoms with Gasteiger partial charge in [-0.25, -0.2) is 4.98 Å². The third kappa shape index (κ3) is 3.60. The molecule has 7 heteroatoms. The summed E-state index contributed by atoms with van der Waals surface area (Å²) >= 11 is 1.18. The van der Waals surface area contributed by atoms with Crippen molar-refractivity contribution in [3.63, 3.8) is 0 Å². The molecule has 0 spiro atoms. The van der Waals surface area contributed by atoms with Crippen LogP contribution in [-0.2, 0) is 19.3 Å². The maximum atomic E-state index is 11.0. The van der Waals surface area contributed by atoms with E-state index in [-0.39, 0.29) is 4.87 Å². The summed E-state index contributed by atoms with van der Waals surface area (Å²) in [6.07, 6.45) is 2.43. The molecule has 2 N–H and O–H groups in total. The molecule has 0 saturated carbocycles. The first-order chi connectivity index (χ1) is 9.22. The van der Waals surface area contributed by atoms with Crippen molar-refractivity contribution in [1.29, 1.82) is 0 Å². The van der Waals surface area contributed by atoms with Crippen molar-refractivity contribution in [1.82, 2.24) is 20.2 Å². The molecular weight excluding hydrogens is 262 g/mol. The molecule has 2 rings (SSSR count). The summed E-state index contributed by atoms with van der Waals surface area (Å²) in [5, 5.41) is 13.2. The van der Waals surface area contributed by atoms with Gasteiger partial charge in [-0.05, 0) is 12.8 Å². The lowest BCUT2D eigenvalue weighted by Gasteiger charge is -2.07. The van der Waals surface area contributed by atoms with Gasteiger partial charge in [0, 0.05) is 24.0 Å². The number of H-pyrrole nitrogens is 1. The zero-order chi connectivity index (χ0) is 13.7. The van der Waals surface area contributed by atoms with Crippen molar-refractivity contribution in [3.05, 3.63) is 32.1 Å². The van der Waals surface area contributed by atoms with Crippen LogP contribution in [-0.4, -0.2) is 26.7 Å². The number of nitrogens with zero attached hydrogens (tertiary/aromatic N) is 3. The lowest BCUT2D eigenvalue weighted by molar-refractivity contribution is 0.815. The number of aromatic amines is 1. The van der Waals surface area contributed by atoms with Gasteiger partial charge in [-0.1, -0.05) is 25.2 Å². The van der Waals surface area contributed by atoms with E-state index in [4.69, 9.17) is 0 Å². The molecule has 102 valence electrons. The normalized spacial score (nSPS) is 10.6. The van der Waals surface area contributed by atoms with Crippen LogP contribution < -0.4 is 10.2 Å². The second-order valence-corrected chi connectivity index (χ2v) is 4.93. The molecular formula is C12H17N5OS. The molecule has 0 aliphatic heterocycles. The Hall–Kier alpha value is -1.76. The van der Waals surface area contributed by atoms with Crippen molar-refractivity contribution < 1.29 is 0 Å². The molecule has 6 nitrogen and oxygen atoms in total. The van der Waals surface area contributed by atoms with E-state index in [2.05, 4.69) is 32.4 Å². The van der Waals surface area contributed by atoms with Crippen LogP contribution in [0.4, 0.5) is 5.95 Å². The minimum atomic E-state index is -0.0199. The minimum Gasteiger partial charge on any atom is -0.353 e. The predicted octanol–water partition coefficient (Wildman–Crippen LogP) is 1.40. The highest BCUT2D eigenvalue weighted by atomic mass is 32.1. The van der Waals surface area contributed by atoms with Gasteiger partial charge >= 0.3 is 4.87 Å². The first-order valence-electron chi connectivity index (χ1n) is 6.36. The Balaban J connectivity index is 1.94. The maximum absolute atomic E-state index is 11.0. The molecule has 0 amide bonds.